The summed E-state index contributed by atoms with van der Waals surface area (Å²) in [6, 6.07) is 6.45. The summed E-state index contributed by atoms with van der Waals surface area (Å²) in [7, 11) is 0. The van der Waals surface area contributed by atoms with Crippen LogP contribution in [0.5, 0.6) is 0 Å². The second-order valence-corrected chi connectivity index (χ2v) is 4.88. The van der Waals surface area contributed by atoms with Crippen molar-refractivity contribution in [3.05, 3.63) is 40.6 Å². The van der Waals surface area contributed by atoms with Crippen LogP contribution < -0.4 is 5.73 Å². The Labute approximate surface area is 116 Å². The number of para-hydroxylation sites is 1. The lowest BCUT2D eigenvalue weighted by atomic mass is 10.3. The molecule has 0 saturated carbocycles. The smallest absolute Gasteiger partial charge is 0.283 e. The number of nitrogens with zero attached hydrogens (tertiary/aromatic N) is 4. The maximum absolute atomic E-state index is 11.0. The molecule has 0 fully saturated rings. The number of nitrogens with one attached hydrogen (secondary N) is 1. The van der Waals surface area contributed by atoms with Gasteiger partial charge in [0.25, 0.3) is 5.69 Å². The molecule has 100 valence electrons. The van der Waals surface area contributed by atoms with Crippen LogP contribution in [0, 0.1) is 10.1 Å². The van der Waals surface area contributed by atoms with Crippen LogP contribution in [-0.4, -0.2) is 25.1 Å². The molecule has 2 heterocycles. The van der Waals surface area contributed by atoms with Gasteiger partial charge < -0.3 is 5.73 Å². The lowest BCUT2D eigenvalue weighted by molar-refractivity contribution is -0.387. The van der Waals surface area contributed by atoms with Gasteiger partial charge >= 0.3 is 0 Å². The fourth-order valence-electron chi connectivity index (χ4n) is 1.70. The Bertz CT molecular complexity index is 802. The van der Waals surface area contributed by atoms with Gasteiger partial charge in [-0.3, -0.25) is 15.2 Å². The van der Waals surface area contributed by atoms with Crippen LogP contribution in [0.25, 0.3) is 11.0 Å². The molecule has 3 rings (SSSR count). The van der Waals surface area contributed by atoms with Crippen molar-refractivity contribution < 1.29 is 4.92 Å². The number of rotatable bonds is 3. The maximum atomic E-state index is 11.0. The number of hydrogen-bond acceptors (Lipinski definition) is 7. The first-order valence-corrected chi connectivity index (χ1v) is 6.34. The summed E-state index contributed by atoms with van der Waals surface area (Å²) < 4.78 is 0. The van der Waals surface area contributed by atoms with Crippen LogP contribution in [0.1, 0.15) is 0 Å². The molecule has 0 unspecified atom stereocenters. The predicted octanol–water partition coefficient (Wildman–Crippen LogP) is 1.99. The molecule has 0 radical (unpaired) electrons. The lowest BCUT2D eigenvalue weighted by Crippen LogP contribution is -1.97. The molecular formula is C11H8N6O2S. The van der Waals surface area contributed by atoms with Crippen molar-refractivity contribution in [2.75, 3.05) is 5.73 Å². The number of nitro benzene ring substituents is 1. The standard InChI is InChI=1S/C11H8N6O2S/c12-11-14-9-6(5-13-16-9)10(15-11)20-8-4-2-1-3-7(8)17(18)19/h1-5H,(H3,12,13,14,15,16). The first-order valence-electron chi connectivity index (χ1n) is 5.53. The van der Waals surface area contributed by atoms with Crippen molar-refractivity contribution in [3.63, 3.8) is 0 Å². The van der Waals surface area contributed by atoms with E-state index in [0.29, 0.717) is 21.0 Å². The van der Waals surface area contributed by atoms with Crippen molar-refractivity contribution in [1.82, 2.24) is 20.2 Å². The van der Waals surface area contributed by atoms with Gasteiger partial charge in [-0.2, -0.15) is 10.1 Å². The highest BCUT2D eigenvalue weighted by atomic mass is 32.2. The number of H-pyrrole nitrogens is 1. The van der Waals surface area contributed by atoms with Gasteiger partial charge in [0.15, 0.2) is 5.65 Å². The third-order valence-corrected chi connectivity index (χ3v) is 3.63. The van der Waals surface area contributed by atoms with Gasteiger partial charge in [-0.15, -0.1) is 0 Å². The molecule has 8 nitrogen and oxygen atoms in total. The average Bonchev–Trinajstić information content (AvgIpc) is 2.87. The molecule has 3 aromatic rings. The number of nitro groups is 1. The molecule has 9 heteroatoms. The predicted molar refractivity (Wildman–Crippen MR) is 73.3 cm³/mol. The number of hydrogen-bond donors (Lipinski definition) is 2. The average molecular weight is 288 g/mol. The fraction of sp³-hybridized carbons (Fsp3) is 0. The van der Waals surface area contributed by atoms with Crippen LogP contribution in [0.2, 0.25) is 0 Å². The first-order chi connectivity index (χ1) is 9.65. The number of fused-ring (bicyclic) bond motifs is 1. The Morgan fingerprint density at radius 1 is 1.30 bits per heavy atom. The fourth-order valence-corrected chi connectivity index (χ4v) is 2.70. The third-order valence-electron chi connectivity index (χ3n) is 2.56. The van der Waals surface area contributed by atoms with E-state index >= 15 is 0 Å². The van der Waals surface area contributed by atoms with Crippen LogP contribution in [0.4, 0.5) is 11.6 Å². The van der Waals surface area contributed by atoms with Crippen LogP contribution >= 0.6 is 11.8 Å². The summed E-state index contributed by atoms with van der Waals surface area (Å²) in [6.45, 7) is 0. The van der Waals surface area contributed by atoms with Gasteiger partial charge in [0.05, 0.1) is 21.4 Å². The van der Waals surface area contributed by atoms with E-state index in [9.17, 15) is 10.1 Å². The summed E-state index contributed by atoms with van der Waals surface area (Å²) in [5.74, 6) is 0.0860. The summed E-state index contributed by atoms with van der Waals surface area (Å²) in [6.07, 6.45) is 1.56. The van der Waals surface area contributed by atoms with E-state index in [1.165, 1.54) is 6.07 Å². The summed E-state index contributed by atoms with van der Waals surface area (Å²) in [5.41, 5.74) is 6.14. The van der Waals surface area contributed by atoms with Gasteiger partial charge in [0, 0.05) is 6.07 Å². The van der Waals surface area contributed by atoms with Gasteiger partial charge in [0.1, 0.15) is 5.03 Å². The Morgan fingerprint density at radius 2 is 2.10 bits per heavy atom. The van der Waals surface area contributed by atoms with Gasteiger partial charge in [-0.1, -0.05) is 23.9 Å². The van der Waals surface area contributed by atoms with E-state index in [2.05, 4.69) is 20.2 Å². The molecule has 0 bridgehead atoms. The Balaban J connectivity index is 2.10. The zero-order valence-electron chi connectivity index (χ0n) is 9.98. The van der Waals surface area contributed by atoms with E-state index in [-0.39, 0.29) is 11.6 Å². The topological polar surface area (TPSA) is 124 Å². The number of nitrogen functional groups attached to an aromatic ring is 1. The second kappa shape index (κ2) is 4.78. The minimum Gasteiger partial charge on any atom is -0.368 e. The number of anilines is 1. The number of nitrogens with two attached hydrogens (primary N) is 1. The van der Waals surface area contributed by atoms with E-state index in [1.807, 2.05) is 0 Å². The minimum absolute atomic E-state index is 0.0197. The molecule has 0 aliphatic heterocycles. The zero-order valence-corrected chi connectivity index (χ0v) is 10.8. The molecule has 0 atom stereocenters. The van der Waals surface area contributed by atoms with Gasteiger partial charge in [0.2, 0.25) is 5.95 Å². The van der Waals surface area contributed by atoms with Crippen molar-refractivity contribution >= 4 is 34.4 Å². The SMILES string of the molecule is Nc1nc(Sc2ccccc2[N+](=O)[O-])c2cn[nH]c2n1. The van der Waals surface area contributed by atoms with E-state index in [1.54, 1.807) is 24.4 Å². The Morgan fingerprint density at radius 3 is 2.90 bits per heavy atom. The van der Waals surface area contributed by atoms with Gasteiger partial charge in [-0.05, 0) is 6.07 Å². The lowest BCUT2D eigenvalue weighted by Gasteiger charge is -2.03. The quantitative estimate of drug-likeness (QED) is 0.429. The van der Waals surface area contributed by atoms with Gasteiger partial charge in [-0.25, -0.2) is 4.98 Å². The molecule has 2 aromatic heterocycles. The highest BCUT2D eigenvalue weighted by Crippen LogP contribution is 2.36. The summed E-state index contributed by atoms with van der Waals surface area (Å²) >= 11 is 1.16. The van der Waals surface area contributed by atoms with E-state index in [0.717, 1.165) is 11.8 Å². The van der Waals surface area contributed by atoms with Crippen molar-refractivity contribution in [1.29, 1.82) is 0 Å². The van der Waals surface area contributed by atoms with E-state index in [4.69, 9.17) is 5.73 Å². The molecule has 0 spiro atoms. The van der Waals surface area contributed by atoms with Crippen molar-refractivity contribution in [2.24, 2.45) is 0 Å². The normalized spacial score (nSPS) is 10.8. The maximum Gasteiger partial charge on any atom is 0.283 e. The molecule has 0 aliphatic rings. The first kappa shape index (κ1) is 12.4. The zero-order chi connectivity index (χ0) is 14.1. The molecule has 0 aliphatic carbocycles. The monoisotopic (exact) mass is 288 g/mol. The Hall–Kier alpha value is -2.68. The minimum atomic E-state index is -0.431. The summed E-state index contributed by atoms with van der Waals surface area (Å²) in [4.78, 5) is 19.2. The number of aromatic nitrogens is 4. The molecule has 1 aromatic carbocycles. The highest BCUT2D eigenvalue weighted by Gasteiger charge is 2.17. The van der Waals surface area contributed by atoms with Crippen molar-refractivity contribution in [3.8, 4) is 0 Å². The Kier molecular flexibility index (Phi) is 2.95. The van der Waals surface area contributed by atoms with Crippen LogP contribution in [0.15, 0.2) is 40.4 Å². The molecule has 3 N–H and O–H groups in total. The highest BCUT2D eigenvalue weighted by molar-refractivity contribution is 7.99. The number of aromatic amines is 1. The van der Waals surface area contributed by atoms with E-state index < -0.39 is 4.92 Å². The molecule has 0 saturated heterocycles. The molecule has 20 heavy (non-hydrogen) atoms. The van der Waals surface area contributed by atoms with Crippen LogP contribution in [-0.2, 0) is 0 Å². The number of benzene rings is 1. The van der Waals surface area contributed by atoms with Crippen molar-refractivity contribution in [2.45, 2.75) is 9.92 Å². The van der Waals surface area contributed by atoms with Crippen LogP contribution in [0.3, 0.4) is 0 Å². The third kappa shape index (κ3) is 2.14. The second-order valence-electron chi connectivity index (χ2n) is 3.85. The summed E-state index contributed by atoms with van der Waals surface area (Å²) in [5, 5.41) is 18.8. The molecular weight excluding hydrogens is 280 g/mol. The largest absolute Gasteiger partial charge is 0.368 e. The molecule has 0 amide bonds.